The van der Waals surface area contributed by atoms with Gasteiger partial charge in [-0.2, -0.15) is 0 Å². The molecule has 0 spiro atoms. The van der Waals surface area contributed by atoms with Crippen molar-refractivity contribution in [3.8, 4) is 0 Å². The van der Waals surface area contributed by atoms with E-state index in [-0.39, 0.29) is 17.9 Å². The number of amides is 2. The van der Waals surface area contributed by atoms with Crippen LogP contribution in [0.5, 0.6) is 0 Å². The lowest BCUT2D eigenvalue weighted by Crippen LogP contribution is -2.34. The molecule has 1 atom stereocenters. The van der Waals surface area contributed by atoms with Crippen LogP contribution in [-0.4, -0.2) is 27.8 Å². The van der Waals surface area contributed by atoms with E-state index in [4.69, 9.17) is 0 Å². The Morgan fingerprint density at radius 1 is 1.14 bits per heavy atom. The number of aryl methyl sites for hydroxylation is 2. The Bertz CT molecular complexity index is 986. The van der Waals surface area contributed by atoms with Crippen molar-refractivity contribution in [2.75, 3.05) is 5.32 Å². The largest absolute Gasteiger partial charge is 0.349 e. The molecule has 0 saturated heterocycles. The van der Waals surface area contributed by atoms with E-state index in [1.54, 1.807) is 23.8 Å². The van der Waals surface area contributed by atoms with Gasteiger partial charge in [0.05, 0.1) is 11.7 Å². The van der Waals surface area contributed by atoms with Crippen LogP contribution < -0.4 is 10.6 Å². The van der Waals surface area contributed by atoms with Crippen LogP contribution in [0.1, 0.15) is 43.8 Å². The minimum Gasteiger partial charge on any atom is -0.349 e. The highest BCUT2D eigenvalue weighted by Crippen LogP contribution is 2.19. The van der Waals surface area contributed by atoms with Crippen LogP contribution in [0.4, 0.5) is 5.69 Å². The Labute approximate surface area is 168 Å². The number of aromatic nitrogens is 2. The third-order valence-electron chi connectivity index (χ3n) is 4.40. The van der Waals surface area contributed by atoms with Gasteiger partial charge < -0.3 is 10.6 Å². The second kappa shape index (κ2) is 8.75. The lowest BCUT2D eigenvalue weighted by atomic mass is 10.1. The number of carbonyl (C=O) groups excluding carboxylic acids is 2. The topological polar surface area (TPSA) is 84.0 Å². The molecule has 2 N–H and O–H groups in total. The van der Waals surface area contributed by atoms with Crippen molar-refractivity contribution in [3.05, 3.63) is 75.5 Å². The zero-order chi connectivity index (χ0) is 20.1. The van der Waals surface area contributed by atoms with E-state index in [2.05, 4.69) is 20.6 Å². The number of nitrogens with zero attached hydrogens (tertiary/aromatic N) is 2. The van der Waals surface area contributed by atoms with E-state index in [1.165, 1.54) is 17.5 Å². The highest BCUT2D eigenvalue weighted by atomic mass is 32.1. The molecule has 0 aliphatic carbocycles. The van der Waals surface area contributed by atoms with Gasteiger partial charge in [-0.05, 0) is 50.1 Å². The molecule has 3 rings (SSSR count). The summed E-state index contributed by atoms with van der Waals surface area (Å²) >= 11 is 1.27. The maximum absolute atomic E-state index is 12.7. The fourth-order valence-corrected chi connectivity index (χ4v) is 3.31. The second-order valence-corrected chi connectivity index (χ2v) is 7.58. The van der Waals surface area contributed by atoms with Crippen molar-refractivity contribution >= 4 is 28.8 Å². The number of pyridine rings is 1. The van der Waals surface area contributed by atoms with E-state index >= 15 is 0 Å². The molecule has 1 aromatic carbocycles. The molecule has 0 aliphatic rings. The summed E-state index contributed by atoms with van der Waals surface area (Å²) < 4.78 is 0. The summed E-state index contributed by atoms with van der Waals surface area (Å²) in [6, 6.07) is 9.11. The van der Waals surface area contributed by atoms with Crippen molar-refractivity contribution in [3.63, 3.8) is 0 Å². The summed E-state index contributed by atoms with van der Waals surface area (Å²) in [7, 11) is 0. The van der Waals surface area contributed by atoms with Crippen LogP contribution in [0.3, 0.4) is 0 Å². The summed E-state index contributed by atoms with van der Waals surface area (Å²) in [5.74, 6) is -0.420. The predicted octanol–water partition coefficient (Wildman–Crippen LogP) is 3.77. The first-order valence-electron chi connectivity index (χ1n) is 8.96. The van der Waals surface area contributed by atoms with Gasteiger partial charge in [0.15, 0.2) is 0 Å². The molecule has 0 bridgehead atoms. The van der Waals surface area contributed by atoms with Gasteiger partial charge in [-0.1, -0.05) is 12.1 Å². The van der Waals surface area contributed by atoms with Crippen LogP contribution in [0.25, 0.3) is 0 Å². The predicted molar refractivity (Wildman–Crippen MR) is 111 cm³/mol. The standard InChI is InChI=1S/C21H22N4O2S/c1-13-5-4-8-23-17(13)9-15(3)24-20(26)16-7-6-14(2)18(10-16)25-21(27)19-11-22-12-28-19/h4-8,10-12,15H,9H2,1-3H3,(H,24,26)(H,25,27). The van der Waals surface area contributed by atoms with Gasteiger partial charge in [0, 0.05) is 35.6 Å². The van der Waals surface area contributed by atoms with Crippen LogP contribution in [0.15, 0.2) is 48.2 Å². The molecule has 144 valence electrons. The SMILES string of the molecule is Cc1ccc(C(=O)NC(C)Cc2ncccc2C)cc1NC(=O)c1cncs1. The normalized spacial score (nSPS) is 11.7. The number of nitrogens with one attached hydrogen (secondary N) is 2. The summed E-state index contributed by atoms with van der Waals surface area (Å²) in [6.45, 7) is 5.85. The average molecular weight is 395 g/mol. The minimum atomic E-state index is -0.234. The van der Waals surface area contributed by atoms with Crippen LogP contribution >= 0.6 is 11.3 Å². The number of benzene rings is 1. The molecule has 2 aromatic heterocycles. The molecule has 0 radical (unpaired) electrons. The number of hydrogen-bond donors (Lipinski definition) is 2. The van der Waals surface area contributed by atoms with Gasteiger partial charge in [0.2, 0.25) is 0 Å². The smallest absolute Gasteiger partial charge is 0.267 e. The van der Waals surface area contributed by atoms with E-state index in [0.717, 1.165) is 16.8 Å². The average Bonchev–Trinajstić information content (AvgIpc) is 3.20. The van der Waals surface area contributed by atoms with E-state index in [0.29, 0.717) is 22.5 Å². The molecule has 0 aliphatic heterocycles. The molecule has 0 saturated carbocycles. The zero-order valence-corrected chi connectivity index (χ0v) is 16.8. The first-order chi connectivity index (χ1) is 13.4. The molecule has 6 nitrogen and oxygen atoms in total. The van der Waals surface area contributed by atoms with Crippen molar-refractivity contribution in [2.24, 2.45) is 0 Å². The summed E-state index contributed by atoms with van der Waals surface area (Å²) in [5, 5.41) is 5.85. The first kappa shape index (κ1) is 19.7. The van der Waals surface area contributed by atoms with E-state index < -0.39 is 0 Å². The van der Waals surface area contributed by atoms with Gasteiger partial charge in [-0.15, -0.1) is 11.3 Å². The number of rotatable bonds is 6. The maximum atomic E-state index is 12.7. The number of carbonyl (C=O) groups is 2. The molecule has 1 unspecified atom stereocenters. The Morgan fingerprint density at radius 3 is 2.68 bits per heavy atom. The van der Waals surface area contributed by atoms with Crippen molar-refractivity contribution in [1.29, 1.82) is 0 Å². The number of thiazole rings is 1. The molecule has 3 aromatic rings. The first-order valence-corrected chi connectivity index (χ1v) is 9.84. The fraction of sp³-hybridized carbons (Fsp3) is 0.238. The number of anilines is 1. The van der Waals surface area contributed by atoms with Gasteiger partial charge in [0.25, 0.3) is 11.8 Å². The maximum Gasteiger partial charge on any atom is 0.267 e. The lowest BCUT2D eigenvalue weighted by molar-refractivity contribution is 0.0938. The van der Waals surface area contributed by atoms with Crippen LogP contribution in [0.2, 0.25) is 0 Å². The summed E-state index contributed by atoms with van der Waals surface area (Å²) in [5.41, 5.74) is 5.67. The molecule has 7 heteroatoms. The van der Waals surface area contributed by atoms with E-state index in [1.807, 2.05) is 39.0 Å². The minimum absolute atomic E-state index is 0.0716. The Hall–Kier alpha value is -3.06. The third kappa shape index (κ3) is 4.80. The van der Waals surface area contributed by atoms with Gasteiger partial charge in [-0.3, -0.25) is 19.6 Å². The highest BCUT2D eigenvalue weighted by Gasteiger charge is 2.15. The number of hydrogen-bond acceptors (Lipinski definition) is 5. The monoisotopic (exact) mass is 394 g/mol. The van der Waals surface area contributed by atoms with Crippen LogP contribution in [-0.2, 0) is 6.42 Å². The van der Waals surface area contributed by atoms with Crippen LogP contribution in [0, 0.1) is 13.8 Å². The van der Waals surface area contributed by atoms with Gasteiger partial charge in [0.1, 0.15) is 4.88 Å². The Morgan fingerprint density at radius 2 is 1.96 bits per heavy atom. The molecular formula is C21H22N4O2S. The van der Waals surface area contributed by atoms with Gasteiger partial charge in [-0.25, -0.2) is 0 Å². The quantitative estimate of drug-likeness (QED) is 0.667. The summed E-state index contributed by atoms with van der Waals surface area (Å²) in [6.07, 6.45) is 3.93. The lowest BCUT2D eigenvalue weighted by Gasteiger charge is -2.16. The third-order valence-corrected chi connectivity index (χ3v) is 5.17. The van der Waals surface area contributed by atoms with Crippen molar-refractivity contribution in [1.82, 2.24) is 15.3 Å². The molecule has 0 fully saturated rings. The van der Waals surface area contributed by atoms with Crippen molar-refractivity contribution < 1.29 is 9.59 Å². The molecule has 28 heavy (non-hydrogen) atoms. The molecule has 2 heterocycles. The Balaban J connectivity index is 1.68. The molecule has 2 amide bonds. The fourth-order valence-electron chi connectivity index (χ4n) is 2.79. The highest BCUT2D eigenvalue weighted by molar-refractivity contribution is 7.11. The van der Waals surface area contributed by atoms with Gasteiger partial charge >= 0.3 is 0 Å². The zero-order valence-electron chi connectivity index (χ0n) is 16.0. The van der Waals surface area contributed by atoms with Crippen molar-refractivity contribution in [2.45, 2.75) is 33.2 Å². The summed E-state index contributed by atoms with van der Waals surface area (Å²) in [4.78, 5) is 33.7. The Kier molecular flexibility index (Phi) is 6.16. The van der Waals surface area contributed by atoms with E-state index in [9.17, 15) is 9.59 Å². The molecular weight excluding hydrogens is 372 g/mol. The second-order valence-electron chi connectivity index (χ2n) is 6.70.